The first-order valence-electron chi connectivity index (χ1n) is 21.2. The van der Waals surface area contributed by atoms with Gasteiger partial charge in [-0.25, -0.2) is 0 Å². The summed E-state index contributed by atoms with van der Waals surface area (Å²) in [5, 5.41) is 20.6. The lowest BCUT2D eigenvalue weighted by atomic mass is 9.84. The van der Waals surface area contributed by atoms with Gasteiger partial charge in [-0.15, -0.1) is 0 Å². The minimum atomic E-state index is 0.918. The smallest absolute Gasteiger partial charge is 0.143 e. The van der Waals surface area contributed by atoms with Gasteiger partial charge in [0.2, 0.25) is 0 Å². The summed E-state index contributed by atoms with van der Waals surface area (Å²) in [7, 11) is 0. The third-order valence-electron chi connectivity index (χ3n) is 13.6. The molecular weight excluding hydrogens is 737 g/mol. The van der Waals surface area contributed by atoms with E-state index in [0.717, 1.165) is 33.1 Å². The van der Waals surface area contributed by atoms with Crippen molar-refractivity contribution in [2.45, 2.75) is 0 Å². The van der Waals surface area contributed by atoms with Gasteiger partial charge in [-0.2, -0.15) is 0 Å². The number of fused-ring (bicyclic) bond motifs is 11. The van der Waals surface area contributed by atoms with Crippen LogP contribution in [-0.2, 0) is 0 Å². The van der Waals surface area contributed by atoms with Gasteiger partial charge in [0.15, 0.2) is 0 Å². The van der Waals surface area contributed by atoms with Gasteiger partial charge in [0.25, 0.3) is 0 Å². The van der Waals surface area contributed by atoms with Crippen molar-refractivity contribution in [2.75, 3.05) is 0 Å². The van der Waals surface area contributed by atoms with E-state index in [4.69, 9.17) is 4.42 Å². The maximum absolute atomic E-state index is 6.44. The molecule has 1 nitrogen and oxygen atoms in total. The molecule has 0 saturated carbocycles. The monoisotopic (exact) mass is 770 g/mol. The summed E-state index contributed by atoms with van der Waals surface area (Å²) in [5.41, 5.74) is 11.6. The highest BCUT2D eigenvalue weighted by molar-refractivity contribution is 6.45. The van der Waals surface area contributed by atoms with Crippen LogP contribution in [0.3, 0.4) is 0 Å². The lowest BCUT2D eigenvalue weighted by Gasteiger charge is -2.19. The minimum absolute atomic E-state index is 0.918. The van der Waals surface area contributed by atoms with E-state index in [-0.39, 0.29) is 0 Å². The van der Waals surface area contributed by atoms with Gasteiger partial charge < -0.3 is 4.42 Å². The van der Waals surface area contributed by atoms with Crippen LogP contribution in [0.15, 0.2) is 211 Å². The molecule has 0 spiro atoms. The standard InChI is InChI=1S/C60H34O/c1-3-14-37(15-4-1)53-51-34-50-42-19-8-7-18-41(42)45-23-13-25-47(56(45)50)57(51)54(38-16-5-2-6-17-38)59-49-33-32-39(44-22-12-26-48(55(44)49)58(53)59)35-28-30-36(31-29-35)40-21-11-24-46-43-20-9-10-27-52(43)61-60(40)46/h1-34H. The van der Waals surface area contributed by atoms with E-state index in [2.05, 4.69) is 200 Å². The van der Waals surface area contributed by atoms with Gasteiger partial charge in [-0.05, 0) is 126 Å². The first-order valence-corrected chi connectivity index (χ1v) is 21.2. The van der Waals surface area contributed by atoms with Crippen LogP contribution in [0.1, 0.15) is 0 Å². The molecule has 0 aliphatic heterocycles. The van der Waals surface area contributed by atoms with Gasteiger partial charge in [0, 0.05) is 16.3 Å². The van der Waals surface area contributed by atoms with E-state index >= 15 is 0 Å². The first kappa shape index (κ1) is 32.9. The summed E-state index contributed by atoms with van der Waals surface area (Å²) < 4.78 is 6.44. The predicted octanol–water partition coefficient (Wildman–Crippen LogP) is 17.2. The summed E-state index contributed by atoms with van der Waals surface area (Å²) >= 11 is 0. The summed E-state index contributed by atoms with van der Waals surface area (Å²) in [6.07, 6.45) is 0. The maximum Gasteiger partial charge on any atom is 0.143 e. The molecule has 0 unspecified atom stereocenters. The fraction of sp³-hybridized carbons (Fsp3) is 0. The van der Waals surface area contributed by atoms with Crippen LogP contribution in [0.2, 0.25) is 0 Å². The molecule has 1 heteroatoms. The number of rotatable bonds is 4. The largest absolute Gasteiger partial charge is 0.455 e. The van der Waals surface area contributed by atoms with Crippen molar-refractivity contribution in [3.05, 3.63) is 206 Å². The lowest BCUT2D eigenvalue weighted by Crippen LogP contribution is -1.91. The molecule has 0 aliphatic rings. The van der Waals surface area contributed by atoms with E-state index in [1.54, 1.807) is 0 Å². The quantitative estimate of drug-likeness (QED) is 0.162. The van der Waals surface area contributed by atoms with E-state index < -0.39 is 0 Å². The Morgan fingerprint density at radius 2 is 0.738 bits per heavy atom. The van der Waals surface area contributed by atoms with Crippen LogP contribution < -0.4 is 0 Å². The molecule has 1 aromatic heterocycles. The molecule has 0 aliphatic carbocycles. The Bertz CT molecular complexity index is 4060. The molecule has 0 bridgehead atoms. The number of para-hydroxylation sites is 2. The summed E-state index contributed by atoms with van der Waals surface area (Å²) in [4.78, 5) is 0. The second-order valence-corrected chi connectivity index (χ2v) is 16.6. The van der Waals surface area contributed by atoms with Crippen molar-refractivity contribution >= 4 is 97.3 Å². The average molecular weight is 771 g/mol. The van der Waals surface area contributed by atoms with Crippen LogP contribution in [0.25, 0.3) is 142 Å². The Labute approximate surface area is 351 Å². The third kappa shape index (κ3) is 4.45. The number of hydrogen-bond donors (Lipinski definition) is 0. The second-order valence-electron chi connectivity index (χ2n) is 16.6. The molecule has 0 saturated heterocycles. The second kappa shape index (κ2) is 12.3. The third-order valence-corrected chi connectivity index (χ3v) is 13.6. The molecule has 0 radical (unpaired) electrons. The molecule has 280 valence electrons. The zero-order valence-corrected chi connectivity index (χ0v) is 33.0. The highest BCUT2D eigenvalue weighted by atomic mass is 16.3. The van der Waals surface area contributed by atoms with Crippen molar-refractivity contribution in [1.82, 2.24) is 0 Å². The average Bonchev–Trinajstić information content (AvgIpc) is 3.99. The lowest BCUT2D eigenvalue weighted by molar-refractivity contribution is 0.670. The van der Waals surface area contributed by atoms with Crippen LogP contribution >= 0.6 is 0 Å². The summed E-state index contributed by atoms with van der Waals surface area (Å²) in [6.45, 7) is 0. The Hall–Kier alpha value is -8.00. The normalized spacial score (nSPS) is 12.3. The molecule has 61 heavy (non-hydrogen) atoms. The van der Waals surface area contributed by atoms with Gasteiger partial charge in [0.05, 0.1) is 0 Å². The minimum Gasteiger partial charge on any atom is -0.455 e. The molecule has 13 aromatic carbocycles. The van der Waals surface area contributed by atoms with Crippen LogP contribution in [-0.4, -0.2) is 0 Å². The van der Waals surface area contributed by atoms with Gasteiger partial charge >= 0.3 is 0 Å². The van der Waals surface area contributed by atoms with Crippen LogP contribution in [0.5, 0.6) is 0 Å². The van der Waals surface area contributed by atoms with Gasteiger partial charge in [-0.3, -0.25) is 0 Å². The topological polar surface area (TPSA) is 13.1 Å². The van der Waals surface area contributed by atoms with Crippen molar-refractivity contribution in [3.8, 4) is 44.5 Å². The highest BCUT2D eigenvalue weighted by Gasteiger charge is 2.27. The van der Waals surface area contributed by atoms with Gasteiger partial charge in [0.1, 0.15) is 11.2 Å². The zero-order valence-electron chi connectivity index (χ0n) is 33.0. The van der Waals surface area contributed by atoms with E-state index in [9.17, 15) is 0 Å². The van der Waals surface area contributed by atoms with Crippen molar-refractivity contribution in [3.63, 3.8) is 0 Å². The van der Waals surface area contributed by atoms with Crippen molar-refractivity contribution in [1.29, 1.82) is 0 Å². The Balaban J connectivity index is 1.09. The fourth-order valence-corrected chi connectivity index (χ4v) is 11.1. The zero-order chi connectivity index (χ0) is 39.8. The Morgan fingerprint density at radius 3 is 1.49 bits per heavy atom. The fourth-order valence-electron chi connectivity index (χ4n) is 11.1. The molecule has 0 fully saturated rings. The van der Waals surface area contributed by atoms with E-state index in [0.29, 0.717) is 0 Å². The SMILES string of the molecule is c1ccc(-c2c3cc4c5ccccc5c5cccc(c3c(-c3ccccc3)c3c6ccc(-c7ccc(-c8cccc9c8oc8ccccc89)cc7)c7cccc(c23)c76)c54)cc1. The Kier molecular flexibility index (Phi) is 6.62. The van der Waals surface area contributed by atoms with Crippen LogP contribution in [0.4, 0.5) is 0 Å². The predicted molar refractivity (Wildman–Crippen MR) is 260 cm³/mol. The molecule has 14 aromatic rings. The molecular formula is C60H34O. The van der Waals surface area contributed by atoms with Crippen molar-refractivity contribution < 1.29 is 4.42 Å². The summed E-state index contributed by atoms with van der Waals surface area (Å²) in [6, 6.07) is 76.2. The van der Waals surface area contributed by atoms with Crippen molar-refractivity contribution in [2.24, 2.45) is 0 Å². The Morgan fingerprint density at radius 1 is 0.230 bits per heavy atom. The van der Waals surface area contributed by atoms with Crippen LogP contribution in [0, 0.1) is 0 Å². The number of furan rings is 1. The maximum atomic E-state index is 6.44. The van der Waals surface area contributed by atoms with Gasteiger partial charge in [-0.1, -0.05) is 194 Å². The molecule has 1 heterocycles. The molecule has 14 rings (SSSR count). The molecule has 0 amide bonds. The molecule has 0 atom stereocenters. The van der Waals surface area contributed by atoms with E-state index in [1.165, 1.54) is 109 Å². The first-order chi connectivity index (χ1) is 30.3. The number of benzene rings is 11. The number of hydrogen-bond acceptors (Lipinski definition) is 1. The summed E-state index contributed by atoms with van der Waals surface area (Å²) in [5.74, 6) is 0. The van der Waals surface area contributed by atoms with E-state index in [1.807, 2.05) is 6.07 Å². The highest BCUT2D eigenvalue weighted by Crippen LogP contribution is 2.55. The molecule has 0 N–H and O–H groups in total.